The molecule has 1 N–H and O–H groups in total. The Balaban J connectivity index is 1.81. The number of aromatic nitrogens is 3. The number of allylic oxidation sites excluding steroid dienone is 5. The number of anilines is 1. The first-order chi connectivity index (χ1) is 17.2. The van der Waals surface area contributed by atoms with Crippen molar-refractivity contribution in [3.63, 3.8) is 0 Å². The van der Waals surface area contributed by atoms with Gasteiger partial charge < -0.3 is 5.32 Å². The fraction of sp³-hybridized carbons (Fsp3) is 0.0645. The summed E-state index contributed by atoms with van der Waals surface area (Å²) in [4.78, 5) is 14.4. The second-order valence-corrected chi connectivity index (χ2v) is 7.86. The third kappa shape index (κ3) is 5.87. The number of nitrogens with zero attached hydrogens (tertiary/aromatic N) is 3. The van der Waals surface area contributed by atoms with Crippen LogP contribution >= 0.6 is 0 Å². The summed E-state index contributed by atoms with van der Waals surface area (Å²) in [5, 5.41) is 3.35. The molecule has 3 aromatic carbocycles. The van der Waals surface area contributed by atoms with Crippen molar-refractivity contribution < 1.29 is 0 Å². The van der Waals surface area contributed by atoms with Gasteiger partial charge in [0.15, 0.2) is 17.5 Å². The SMILES string of the molecule is C=CCNc1cccc(-c2cccc(-c3nc(/C(C=C)=C/C=C\C)nc(-c4ccccc4)n3)c2)c1. The van der Waals surface area contributed by atoms with Crippen LogP contribution in [0.2, 0.25) is 0 Å². The van der Waals surface area contributed by atoms with Gasteiger partial charge in [0.2, 0.25) is 0 Å². The summed E-state index contributed by atoms with van der Waals surface area (Å²) in [6, 6.07) is 26.6. The maximum absolute atomic E-state index is 4.84. The highest BCUT2D eigenvalue weighted by molar-refractivity contribution is 5.76. The van der Waals surface area contributed by atoms with Crippen molar-refractivity contribution in [2.24, 2.45) is 0 Å². The van der Waals surface area contributed by atoms with E-state index in [-0.39, 0.29) is 0 Å². The van der Waals surface area contributed by atoms with E-state index in [1.54, 1.807) is 6.08 Å². The lowest BCUT2D eigenvalue weighted by Gasteiger charge is -2.10. The zero-order valence-electron chi connectivity index (χ0n) is 19.9. The molecule has 1 heterocycles. The van der Waals surface area contributed by atoms with Crippen LogP contribution in [0.4, 0.5) is 5.69 Å². The Kier molecular flexibility index (Phi) is 7.77. The Morgan fingerprint density at radius 1 is 0.771 bits per heavy atom. The van der Waals surface area contributed by atoms with E-state index in [1.807, 2.05) is 79.8 Å². The Labute approximate surface area is 207 Å². The van der Waals surface area contributed by atoms with Gasteiger partial charge >= 0.3 is 0 Å². The molecule has 0 spiro atoms. The Morgan fingerprint density at radius 3 is 2.14 bits per heavy atom. The van der Waals surface area contributed by atoms with Crippen LogP contribution < -0.4 is 5.32 Å². The largest absolute Gasteiger partial charge is 0.382 e. The second-order valence-electron chi connectivity index (χ2n) is 7.86. The summed E-state index contributed by atoms with van der Waals surface area (Å²) in [6.07, 6.45) is 9.49. The van der Waals surface area contributed by atoms with Gasteiger partial charge in [-0.1, -0.05) is 97.6 Å². The molecule has 35 heavy (non-hydrogen) atoms. The number of hydrogen-bond acceptors (Lipinski definition) is 4. The van der Waals surface area contributed by atoms with Gasteiger partial charge in [-0.25, -0.2) is 15.0 Å². The van der Waals surface area contributed by atoms with E-state index >= 15 is 0 Å². The van der Waals surface area contributed by atoms with Crippen LogP contribution in [-0.2, 0) is 0 Å². The second kappa shape index (κ2) is 11.5. The molecule has 0 amide bonds. The maximum atomic E-state index is 4.84. The zero-order valence-corrected chi connectivity index (χ0v) is 19.9. The van der Waals surface area contributed by atoms with Crippen molar-refractivity contribution in [3.05, 3.63) is 128 Å². The van der Waals surface area contributed by atoms with Gasteiger partial charge in [0, 0.05) is 28.9 Å². The third-order valence-electron chi connectivity index (χ3n) is 5.38. The van der Waals surface area contributed by atoms with Gasteiger partial charge in [-0.3, -0.25) is 0 Å². The number of rotatable bonds is 9. The van der Waals surface area contributed by atoms with Gasteiger partial charge in [0.25, 0.3) is 0 Å². The fourth-order valence-electron chi connectivity index (χ4n) is 3.62. The van der Waals surface area contributed by atoms with E-state index in [9.17, 15) is 0 Å². The van der Waals surface area contributed by atoms with Crippen LogP contribution in [0.3, 0.4) is 0 Å². The van der Waals surface area contributed by atoms with Crippen molar-refractivity contribution >= 4 is 11.3 Å². The zero-order chi connectivity index (χ0) is 24.5. The number of hydrogen-bond donors (Lipinski definition) is 1. The molecule has 0 aliphatic rings. The Morgan fingerprint density at radius 2 is 1.43 bits per heavy atom. The molecule has 0 atom stereocenters. The van der Waals surface area contributed by atoms with Crippen molar-refractivity contribution in [1.82, 2.24) is 15.0 Å². The molecule has 0 aliphatic heterocycles. The first-order valence-electron chi connectivity index (χ1n) is 11.5. The van der Waals surface area contributed by atoms with Crippen molar-refractivity contribution in [2.75, 3.05) is 11.9 Å². The lowest BCUT2D eigenvalue weighted by molar-refractivity contribution is 1.04. The molecule has 0 saturated carbocycles. The van der Waals surface area contributed by atoms with Crippen molar-refractivity contribution in [1.29, 1.82) is 0 Å². The average molecular weight is 457 g/mol. The Bertz CT molecular complexity index is 1380. The summed E-state index contributed by atoms with van der Waals surface area (Å²) in [5.74, 6) is 1.83. The van der Waals surface area contributed by atoms with Crippen LogP contribution in [0.15, 0.2) is 122 Å². The lowest BCUT2D eigenvalue weighted by atomic mass is 10.0. The van der Waals surface area contributed by atoms with Crippen LogP contribution in [0, 0.1) is 0 Å². The van der Waals surface area contributed by atoms with E-state index in [0.29, 0.717) is 24.0 Å². The first-order valence-corrected chi connectivity index (χ1v) is 11.5. The van der Waals surface area contributed by atoms with E-state index in [2.05, 4.69) is 48.8 Å². The molecule has 4 rings (SSSR count). The number of nitrogens with one attached hydrogen (secondary N) is 1. The molecule has 0 aliphatic carbocycles. The van der Waals surface area contributed by atoms with Crippen LogP contribution in [0.25, 0.3) is 39.5 Å². The summed E-state index contributed by atoms with van der Waals surface area (Å²) in [6.45, 7) is 10.4. The van der Waals surface area contributed by atoms with Gasteiger partial charge in [0.05, 0.1) is 0 Å². The lowest BCUT2D eigenvalue weighted by Crippen LogP contribution is -2.02. The molecular formula is C31H28N4. The molecular weight excluding hydrogens is 428 g/mol. The minimum Gasteiger partial charge on any atom is -0.382 e. The summed E-state index contributed by atoms with van der Waals surface area (Å²) < 4.78 is 0. The van der Waals surface area contributed by atoms with E-state index in [4.69, 9.17) is 15.0 Å². The van der Waals surface area contributed by atoms with Gasteiger partial charge in [0.1, 0.15) is 0 Å². The molecule has 1 aromatic heterocycles. The predicted octanol–water partition coefficient (Wildman–Crippen LogP) is 7.62. The van der Waals surface area contributed by atoms with Gasteiger partial charge in [-0.15, -0.1) is 6.58 Å². The quantitative estimate of drug-likeness (QED) is 0.208. The summed E-state index contributed by atoms with van der Waals surface area (Å²) >= 11 is 0. The third-order valence-corrected chi connectivity index (χ3v) is 5.38. The van der Waals surface area contributed by atoms with E-state index in [0.717, 1.165) is 33.5 Å². The highest BCUT2D eigenvalue weighted by Gasteiger charge is 2.13. The molecule has 4 aromatic rings. The first kappa shape index (κ1) is 23.6. The van der Waals surface area contributed by atoms with Crippen LogP contribution in [0.5, 0.6) is 0 Å². The molecule has 0 radical (unpaired) electrons. The van der Waals surface area contributed by atoms with Crippen LogP contribution in [-0.4, -0.2) is 21.5 Å². The smallest absolute Gasteiger partial charge is 0.164 e. The topological polar surface area (TPSA) is 50.7 Å². The van der Waals surface area contributed by atoms with E-state index in [1.165, 1.54) is 0 Å². The average Bonchev–Trinajstić information content (AvgIpc) is 2.93. The summed E-state index contributed by atoms with van der Waals surface area (Å²) in [5.41, 5.74) is 5.93. The minimum absolute atomic E-state index is 0.586. The van der Waals surface area contributed by atoms with E-state index < -0.39 is 0 Å². The molecule has 0 unspecified atom stereocenters. The highest BCUT2D eigenvalue weighted by atomic mass is 15.0. The maximum Gasteiger partial charge on any atom is 0.164 e. The Hall–Kier alpha value is -4.57. The molecule has 0 bridgehead atoms. The van der Waals surface area contributed by atoms with Crippen molar-refractivity contribution in [2.45, 2.75) is 6.92 Å². The molecule has 4 heteroatoms. The fourth-order valence-corrected chi connectivity index (χ4v) is 3.62. The highest BCUT2D eigenvalue weighted by Crippen LogP contribution is 2.28. The molecule has 0 fully saturated rings. The standard InChI is InChI=1S/C31H28N4/c1-4-7-13-23(6-3)29-33-30(24-14-9-8-10-15-24)35-31(34-29)27-18-11-16-25(21-27)26-17-12-19-28(22-26)32-20-5-2/h4-19,21-22,32H,2-3,20H2,1H3/b7-4-,23-13+. The monoisotopic (exact) mass is 456 g/mol. The molecule has 172 valence electrons. The van der Waals surface area contributed by atoms with Gasteiger partial charge in [-0.05, 0) is 36.2 Å². The normalized spacial score (nSPS) is 11.4. The molecule has 0 saturated heterocycles. The predicted molar refractivity (Wildman–Crippen MR) is 148 cm³/mol. The van der Waals surface area contributed by atoms with Crippen LogP contribution in [0.1, 0.15) is 12.7 Å². The number of benzene rings is 3. The van der Waals surface area contributed by atoms with Gasteiger partial charge in [-0.2, -0.15) is 0 Å². The molecule has 4 nitrogen and oxygen atoms in total. The summed E-state index contributed by atoms with van der Waals surface area (Å²) in [7, 11) is 0. The van der Waals surface area contributed by atoms with Crippen molar-refractivity contribution in [3.8, 4) is 33.9 Å². The minimum atomic E-state index is 0.586.